The number of benzene rings is 8. The second-order valence-corrected chi connectivity index (χ2v) is 14.9. The van der Waals surface area contributed by atoms with Gasteiger partial charge in [0, 0.05) is 49.5 Å². The molecule has 10 aromatic rings. The summed E-state index contributed by atoms with van der Waals surface area (Å²) >= 11 is 0. The topological polar surface area (TPSA) is 29.5 Å². The highest BCUT2D eigenvalue weighted by Crippen LogP contribution is 2.51. The maximum atomic E-state index is 6.75. The fourth-order valence-corrected chi connectivity index (χ4v) is 8.85. The lowest BCUT2D eigenvalue weighted by Crippen LogP contribution is -2.16. The average molecular weight is 694 g/mol. The van der Waals surface area contributed by atoms with Crippen LogP contribution in [-0.4, -0.2) is 0 Å². The second kappa shape index (κ2) is 11.6. The van der Waals surface area contributed by atoms with Gasteiger partial charge in [-0.2, -0.15) is 0 Å². The third-order valence-corrected chi connectivity index (χ3v) is 11.5. The summed E-state index contributed by atoms with van der Waals surface area (Å²) in [4.78, 5) is 2.41. The van der Waals surface area contributed by atoms with Crippen LogP contribution in [0.2, 0.25) is 0 Å². The first kappa shape index (κ1) is 30.8. The van der Waals surface area contributed by atoms with Gasteiger partial charge in [0.1, 0.15) is 11.2 Å². The zero-order valence-corrected chi connectivity index (χ0v) is 30.0. The van der Waals surface area contributed by atoms with Crippen molar-refractivity contribution in [2.75, 3.05) is 4.90 Å². The molecule has 1 aliphatic carbocycles. The summed E-state index contributed by atoms with van der Waals surface area (Å²) in [5.74, 6) is 0. The van der Waals surface area contributed by atoms with Crippen LogP contribution in [0.3, 0.4) is 0 Å². The van der Waals surface area contributed by atoms with Gasteiger partial charge in [0.2, 0.25) is 0 Å². The first-order valence-electron chi connectivity index (χ1n) is 18.6. The van der Waals surface area contributed by atoms with Gasteiger partial charge in [-0.25, -0.2) is 0 Å². The van der Waals surface area contributed by atoms with Gasteiger partial charge in [0.25, 0.3) is 0 Å². The SMILES string of the molecule is CC1(C)c2ccccc2-c2ccc(N(c3ccc(-c4cccc5c4oc4c5ccc5c6ccccc6oc54)cc3)c3ccccc3-c3ccccc3)cc21. The lowest BCUT2D eigenvalue weighted by Gasteiger charge is -2.30. The van der Waals surface area contributed by atoms with E-state index in [9.17, 15) is 0 Å². The number of nitrogens with zero attached hydrogens (tertiary/aromatic N) is 1. The zero-order valence-electron chi connectivity index (χ0n) is 30.0. The number of furan rings is 2. The van der Waals surface area contributed by atoms with E-state index < -0.39 is 0 Å². The summed E-state index contributed by atoms with van der Waals surface area (Å²) < 4.78 is 13.1. The molecule has 3 heteroatoms. The third kappa shape index (κ3) is 4.48. The van der Waals surface area contributed by atoms with Crippen LogP contribution in [0.5, 0.6) is 0 Å². The van der Waals surface area contributed by atoms with E-state index in [-0.39, 0.29) is 5.41 Å². The molecule has 0 atom stereocenters. The molecule has 0 radical (unpaired) electrons. The maximum Gasteiger partial charge on any atom is 0.178 e. The van der Waals surface area contributed by atoms with Crippen LogP contribution in [0.15, 0.2) is 185 Å². The molecule has 0 spiro atoms. The molecule has 0 fully saturated rings. The van der Waals surface area contributed by atoms with Gasteiger partial charge in [0.05, 0.1) is 5.69 Å². The standard InChI is InChI=1S/C51H35NO2/c1-51(2)44-20-9-6-16-38(44)39-28-27-35(31-45(39)51)52(46-21-10-7-15-36(46)32-13-4-3-5-14-32)34-25-23-33(24-26-34)37-18-12-19-41-43-30-29-42-40-17-8-11-22-47(40)53-49(42)50(43)54-48(37)41/h3-31H,1-2H3. The van der Waals surface area contributed by atoms with Crippen LogP contribution in [0.4, 0.5) is 17.1 Å². The Kier molecular flexibility index (Phi) is 6.60. The van der Waals surface area contributed by atoms with E-state index in [1.807, 2.05) is 18.2 Å². The molecule has 2 aromatic heterocycles. The van der Waals surface area contributed by atoms with Crippen LogP contribution in [0.25, 0.3) is 77.3 Å². The Labute approximate surface area is 313 Å². The average Bonchev–Trinajstić information content (AvgIpc) is 3.87. The second-order valence-electron chi connectivity index (χ2n) is 14.9. The molecule has 2 heterocycles. The van der Waals surface area contributed by atoms with Crippen molar-refractivity contribution in [2.45, 2.75) is 19.3 Å². The smallest absolute Gasteiger partial charge is 0.178 e. The van der Waals surface area contributed by atoms with Crippen molar-refractivity contribution in [1.29, 1.82) is 0 Å². The molecule has 11 rings (SSSR count). The van der Waals surface area contributed by atoms with Crippen LogP contribution < -0.4 is 4.90 Å². The Morgan fingerprint density at radius 3 is 1.83 bits per heavy atom. The molecule has 0 N–H and O–H groups in total. The predicted octanol–water partition coefficient (Wildman–Crippen LogP) is 14.6. The summed E-state index contributed by atoms with van der Waals surface area (Å²) in [6, 6.07) is 63.0. The van der Waals surface area contributed by atoms with Crippen molar-refractivity contribution in [1.82, 2.24) is 0 Å². The summed E-state index contributed by atoms with van der Waals surface area (Å²) in [6.45, 7) is 4.69. The number of para-hydroxylation sites is 3. The highest BCUT2D eigenvalue weighted by molar-refractivity contribution is 6.20. The maximum absolute atomic E-state index is 6.75. The fourth-order valence-electron chi connectivity index (χ4n) is 8.85. The molecule has 0 aliphatic heterocycles. The van der Waals surface area contributed by atoms with Crippen LogP contribution in [0, 0.1) is 0 Å². The quantitative estimate of drug-likeness (QED) is 0.180. The molecule has 0 saturated heterocycles. The third-order valence-electron chi connectivity index (χ3n) is 11.5. The number of anilines is 3. The van der Waals surface area contributed by atoms with Crippen molar-refractivity contribution < 1.29 is 8.83 Å². The van der Waals surface area contributed by atoms with Gasteiger partial charge in [-0.3, -0.25) is 0 Å². The fraction of sp³-hybridized carbons (Fsp3) is 0.0588. The minimum atomic E-state index is -0.115. The monoisotopic (exact) mass is 693 g/mol. The molecular formula is C51H35NO2. The first-order valence-corrected chi connectivity index (χ1v) is 18.6. The van der Waals surface area contributed by atoms with Gasteiger partial charge >= 0.3 is 0 Å². The van der Waals surface area contributed by atoms with Gasteiger partial charge in [-0.1, -0.05) is 141 Å². The highest BCUT2D eigenvalue weighted by atomic mass is 16.4. The molecule has 256 valence electrons. The molecule has 8 aromatic carbocycles. The number of rotatable bonds is 5. The summed E-state index contributed by atoms with van der Waals surface area (Å²) in [5, 5.41) is 4.30. The summed E-state index contributed by atoms with van der Waals surface area (Å²) in [7, 11) is 0. The van der Waals surface area contributed by atoms with Crippen molar-refractivity contribution in [3.8, 4) is 33.4 Å². The zero-order chi connectivity index (χ0) is 36.0. The van der Waals surface area contributed by atoms with E-state index in [1.54, 1.807) is 0 Å². The number of fused-ring (bicyclic) bond motifs is 10. The van der Waals surface area contributed by atoms with Crippen molar-refractivity contribution in [3.63, 3.8) is 0 Å². The van der Waals surface area contributed by atoms with Gasteiger partial charge in [-0.05, 0) is 81.9 Å². The normalized spacial score (nSPS) is 13.1. The molecular weight excluding hydrogens is 659 g/mol. The van der Waals surface area contributed by atoms with E-state index in [0.29, 0.717) is 0 Å². The van der Waals surface area contributed by atoms with E-state index in [0.717, 1.165) is 72.1 Å². The van der Waals surface area contributed by atoms with Crippen LogP contribution in [-0.2, 0) is 5.41 Å². The molecule has 0 unspecified atom stereocenters. The van der Waals surface area contributed by atoms with E-state index >= 15 is 0 Å². The van der Waals surface area contributed by atoms with Crippen molar-refractivity contribution in [2.24, 2.45) is 0 Å². The molecule has 0 saturated carbocycles. The minimum Gasteiger partial charge on any atom is -0.452 e. The molecule has 0 amide bonds. The minimum absolute atomic E-state index is 0.115. The Morgan fingerprint density at radius 2 is 0.981 bits per heavy atom. The van der Waals surface area contributed by atoms with Crippen LogP contribution >= 0.6 is 0 Å². The van der Waals surface area contributed by atoms with Crippen molar-refractivity contribution in [3.05, 3.63) is 187 Å². The Hall–Kier alpha value is -6.84. The van der Waals surface area contributed by atoms with E-state index in [2.05, 4.69) is 176 Å². The lowest BCUT2D eigenvalue weighted by molar-refractivity contribution is 0.634. The first-order chi connectivity index (χ1) is 26.5. The highest BCUT2D eigenvalue weighted by Gasteiger charge is 2.36. The number of hydrogen-bond donors (Lipinski definition) is 0. The Bertz CT molecular complexity index is 3070. The predicted molar refractivity (Wildman–Crippen MR) is 224 cm³/mol. The Balaban J connectivity index is 1.07. The van der Waals surface area contributed by atoms with E-state index in [4.69, 9.17) is 8.83 Å². The van der Waals surface area contributed by atoms with Gasteiger partial charge < -0.3 is 13.7 Å². The summed E-state index contributed by atoms with van der Waals surface area (Å²) in [6.07, 6.45) is 0. The Morgan fingerprint density at radius 1 is 0.389 bits per heavy atom. The summed E-state index contributed by atoms with van der Waals surface area (Å²) in [5.41, 5.74) is 16.4. The molecule has 0 bridgehead atoms. The van der Waals surface area contributed by atoms with Crippen molar-refractivity contribution >= 4 is 60.9 Å². The van der Waals surface area contributed by atoms with E-state index in [1.165, 1.54) is 33.4 Å². The lowest BCUT2D eigenvalue weighted by atomic mass is 9.82. The largest absolute Gasteiger partial charge is 0.452 e. The molecule has 1 aliphatic rings. The van der Waals surface area contributed by atoms with Gasteiger partial charge in [0.15, 0.2) is 11.2 Å². The molecule has 3 nitrogen and oxygen atoms in total. The number of hydrogen-bond acceptors (Lipinski definition) is 3. The molecule has 54 heavy (non-hydrogen) atoms. The van der Waals surface area contributed by atoms with Crippen LogP contribution in [0.1, 0.15) is 25.0 Å². The van der Waals surface area contributed by atoms with Gasteiger partial charge in [-0.15, -0.1) is 0 Å².